The first-order chi connectivity index (χ1) is 14.2. The molecule has 0 saturated heterocycles. The molecule has 4 rings (SSSR count). The van der Waals surface area contributed by atoms with Gasteiger partial charge in [0.15, 0.2) is 17.3 Å². The van der Waals surface area contributed by atoms with Gasteiger partial charge in [-0.25, -0.2) is 9.97 Å². The van der Waals surface area contributed by atoms with Crippen LogP contribution in [0.4, 0.5) is 5.82 Å². The van der Waals surface area contributed by atoms with Gasteiger partial charge in [0.1, 0.15) is 11.5 Å². The van der Waals surface area contributed by atoms with Gasteiger partial charge in [-0.05, 0) is 24.1 Å². The molecule has 148 valence electrons. The van der Waals surface area contributed by atoms with E-state index in [9.17, 15) is 4.79 Å². The van der Waals surface area contributed by atoms with Crippen LogP contribution in [0, 0.1) is 0 Å². The van der Waals surface area contributed by atoms with Gasteiger partial charge in [-0.3, -0.25) is 4.79 Å². The minimum absolute atomic E-state index is 0.211. The standard InChI is InChI=1S/C22H22N4O3/c1-2-10-23-22(27)17-12-20(26-21(25-17)16-6-4-3-5-7-16)24-13-15-8-9-18-19(11-15)29-14-28-18/h3-9,11-12H,2,10,13-14H2,1H3,(H,23,27)(H,24,25,26). The lowest BCUT2D eigenvalue weighted by Crippen LogP contribution is -2.25. The van der Waals surface area contributed by atoms with Gasteiger partial charge >= 0.3 is 0 Å². The van der Waals surface area contributed by atoms with Crippen molar-refractivity contribution < 1.29 is 14.3 Å². The molecule has 0 radical (unpaired) electrons. The topological polar surface area (TPSA) is 85.4 Å². The van der Waals surface area contributed by atoms with Gasteiger partial charge in [-0.15, -0.1) is 0 Å². The van der Waals surface area contributed by atoms with Gasteiger partial charge in [0, 0.05) is 24.7 Å². The number of amides is 1. The van der Waals surface area contributed by atoms with E-state index in [2.05, 4.69) is 20.6 Å². The van der Waals surface area contributed by atoms with E-state index in [0.717, 1.165) is 29.0 Å². The number of carbonyl (C=O) groups is 1. The second kappa shape index (κ2) is 8.60. The SMILES string of the molecule is CCCNC(=O)c1cc(NCc2ccc3c(c2)OCO3)nc(-c2ccccc2)n1. The molecule has 2 N–H and O–H groups in total. The molecule has 1 aliphatic rings. The number of ether oxygens (including phenoxy) is 2. The lowest BCUT2D eigenvalue weighted by molar-refractivity contribution is 0.0948. The Morgan fingerprint density at radius 2 is 1.86 bits per heavy atom. The summed E-state index contributed by atoms with van der Waals surface area (Å²) in [4.78, 5) is 21.5. The van der Waals surface area contributed by atoms with Crippen molar-refractivity contribution in [3.8, 4) is 22.9 Å². The molecule has 3 aromatic rings. The molecule has 0 spiro atoms. The quantitative estimate of drug-likeness (QED) is 0.641. The van der Waals surface area contributed by atoms with Crippen molar-refractivity contribution in [1.29, 1.82) is 0 Å². The first-order valence-electron chi connectivity index (χ1n) is 9.58. The first kappa shape index (κ1) is 18.7. The largest absolute Gasteiger partial charge is 0.454 e. The Morgan fingerprint density at radius 3 is 2.69 bits per heavy atom. The molecule has 0 atom stereocenters. The van der Waals surface area contributed by atoms with Crippen LogP contribution in [0.15, 0.2) is 54.6 Å². The summed E-state index contributed by atoms with van der Waals surface area (Å²) in [5.74, 6) is 2.35. The van der Waals surface area contributed by atoms with E-state index in [0.29, 0.717) is 30.4 Å². The molecule has 0 fully saturated rings. The molecular formula is C22H22N4O3. The zero-order valence-electron chi connectivity index (χ0n) is 16.1. The highest BCUT2D eigenvalue weighted by Crippen LogP contribution is 2.32. The van der Waals surface area contributed by atoms with Crippen LogP contribution < -0.4 is 20.1 Å². The number of hydrogen-bond acceptors (Lipinski definition) is 6. The predicted molar refractivity (Wildman–Crippen MR) is 110 cm³/mol. The predicted octanol–water partition coefficient (Wildman–Crippen LogP) is 3.62. The van der Waals surface area contributed by atoms with E-state index in [1.54, 1.807) is 6.07 Å². The molecule has 0 bridgehead atoms. The summed E-state index contributed by atoms with van der Waals surface area (Å²) in [7, 11) is 0. The maximum absolute atomic E-state index is 12.5. The normalized spacial score (nSPS) is 11.9. The van der Waals surface area contributed by atoms with Crippen LogP contribution in [0.5, 0.6) is 11.5 Å². The van der Waals surface area contributed by atoms with Crippen LogP contribution in [-0.2, 0) is 6.54 Å². The van der Waals surface area contributed by atoms with Gasteiger partial charge in [-0.2, -0.15) is 0 Å². The molecule has 7 heteroatoms. The summed E-state index contributed by atoms with van der Waals surface area (Å²) >= 11 is 0. The number of hydrogen-bond donors (Lipinski definition) is 2. The maximum atomic E-state index is 12.5. The van der Waals surface area contributed by atoms with Crippen molar-refractivity contribution in [2.75, 3.05) is 18.7 Å². The molecule has 2 heterocycles. The van der Waals surface area contributed by atoms with Gasteiger partial charge in [0.05, 0.1) is 0 Å². The average molecular weight is 390 g/mol. The summed E-state index contributed by atoms with van der Waals surface area (Å²) in [6.07, 6.45) is 0.859. The van der Waals surface area contributed by atoms with Gasteiger partial charge < -0.3 is 20.1 Å². The molecule has 0 aliphatic carbocycles. The zero-order valence-corrected chi connectivity index (χ0v) is 16.1. The van der Waals surface area contributed by atoms with E-state index in [4.69, 9.17) is 9.47 Å². The van der Waals surface area contributed by atoms with E-state index in [1.807, 2.05) is 55.5 Å². The third kappa shape index (κ3) is 4.45. The van der Waals surface area contributed by atoms with Crippen LogP contribution in [-0.4, -0.2) is 29.2 Å². The molecule has 1 aliphatic heterocycles. The Balaban J connectivity index is 1.58. The van der Waals surface area contributed by atoms with Crippen LogP contribution in [0.1, 0.15) is 29.4 Å². The summed E-state index contributed by atoms with van der Waals surface area (Å²) in [6.45, 7) is 3.38. The molecule has 1 amide bonds. The van der Waals surface area contributed by atoms with Crippen molar-refractivity contribution in [2.45, 2.75) is 19.9 Å². The number of rotatable bonds is 7. The Bertz CT molecular complexity index is 1010. The highest BCUT2D eigenvalue weighted by Gasteiger charge is 2.15. The fraction of sp³-hybridized carbons (Fsp3) is 0.227. The number of nitrogens with one attached hydrogen (secondary N) is 2. The van der Waals surface area contributed by atoms with Gasteiger partial charge in [-0.1, -0.05) is 43.3 Å². The second-order valence-corrected chi connectivity index (χ2v) is 6.63. The fourth-order valence-electron chi connectivity index (χ4n) is 2.94. The minimum atomic E-state index is -0.211. The molecule has 7 nitrogen and oxygen atoms in total. The third-order valence-electron chi connectivity index (χ3n) is 4.44. The van der Waals surface area contributed by atoms with E-state index in [-0.39, 0.29) is 12.7 Å². The summed E-state index contributed by atoms with van der Waals surface area (Å²) in [5, 5.41) is 6.16. The van der Waals surface area contributed by atoms with Crippen molar-refractivity contribution in [2.24, 2.45) is 0 Å². The monoisotopic (exact) mass is 390 g/mol. The van der Waals surface area contributed by atoms with E-state index in [1.165, 1.54) is 0 Å². The van der Waals surface area contributed by atoms with Crippen molar-refractivity contribution in [3.63, 3.8) is 0 Å². The van der Waals surface area contributed by atoms with Crippen LogP contribution in [0.3, 0.4) is 0 Å². The smallest absolute Gasteiger partial charge is 0.270 e. The number of benzene rings is 2. The summed E-state index contributed by atoms with van der Waals surface area (Å²) in [6, 6.07) is 17.1. The number of aromatic nitrogens is 2. The van der Waals surface area contributed by atoms with E-state index >= 15 is 0 Å². The van der Waals surface area contributed by atoms with Gasteiger partial charge in [0.25, 0.3) is 5.91 Å². The van der Waals surface area contributed by atoms with Crippen LogP contribution in [0.25, 0.3) is 11.4 Å². The Hall–Kier alpha value is -3.61. The number of carbonyl (C=O) groups excluding carboxylic acids is 1. The highest BCUT2D eigenvalue weighted by molar-refractivity contribution is 5.93. The van der Waals surface area contributed by atoms with Crippen LogP contribution in [0.2, 0.25) is 0 Å². The minimum Gasteiger partial charge on any atom is -0.454 e. The zero-order chi connectivity index (χ0) is 20.1. The molecule has 29 heavy (non-hydrogen) atoms. The number of nitrogens with zero attached hydrogens (tertiary/aromatic N) is 2. The highest BCUT2D eigenvalue weighted by atomic mass is 16.7. The Morgan fingerprint density at radius 1 is 1.03 bits per heavy atom. The van der Waals surface area contributed by atoms with Gasteiger partial charge in [0.2, 0.25) is 6.79 Å². The lowest BCUT2D eigenvalue weighted by Gasteiger charge is -2.11. The average Bonchev–Trinajstić information content (AvgIpc) is 3.24. The van der Waals surface area contributed by atoms with Crippen molar-refractivity contribution in [3.05, 3.63) is 65.9 Å². The Kier molecular flexibility index (Phi) is 5.56. The van der Waals surface area contributed by atoms with Crippen molar-refractivity contribution >= 4 is 11.7 Å². The molecule has 0 saturated carbocycles. The summed E-state index contributed by atoms with van der Waals surface area (Å²) in [5.41, 5.74) is 2.20. The molecular weight excluding hydrogens is 368 g/mol. The lowest BCUT2D eigenvalue weighted by atomic mass is 10.2. The Labute approximate surface area is 169 Å². The maximum Gasteiger partial charge on any atom is 0.270 e. The van der Waals surface area contributed by atoms with Crippen molar-refractivity contribution in [1.82, 2.24) is 15.3 Å². The fourth-order valence-corrected chi connectivity index (χ4v) is 2.94. The molecule has 1 aromatic heterocycles. The summed E-state index contributed by atoms with van der Waals surface area (Å²) < 4.78 is 10.8. The molecule has 0 unspecified atom stereocenters. The van der Waals surface area contributed by atoms with E-state index < -0.39 is 0 Å². The first-order valence-corrected chi connectivity index (χ1v) is 9.58. The third-order valence-corrected chi connectivity index (χ3v) is 4.44. The van der Waals surface area contributed by atoms with Crippen LogP contribution >= 0.6 is 0 Å². The second-order valence-electron chi connectivity index (χ2n) is 6.63. The number of anilines is 1. The molecule has 2 aromatic carbocycles. The number of fused-ring (bicyclic) bond motifs is 1.